The van der Waals surface area contributed by atoms with Crippen LogP contribution in [0.3, 0.4) is 0 Å². The molecule has 0 amide bonds. The van der Waals surface area contributed by atoms with Crippen LogP contribution < -0.4 is 10.6 Å². The topological polar surface area (TPSA) is 29.3 Å². The molecule has 0 saturated carbocycles. The molecule has 1 aromatic rings. The molecule has 0 aromatic heterocycles. The summed E-state index contributed by atoms with van der Waals surface area (Å²) >= 11 is 1.79. The monoisotopic (exact) mass is 242 g/mol. The quantitative estimate of drug-likeness (QED) is 0.823. The number of thioether (sulfide) groups is 1. The van der Waals surface area contributed by atoms with Crippen molar-refractivity contribution < 1.29 is 4.39 Å². The Morgan fingerprint density at radius 3 is 2.69 bits per heavy atom. The Morgan fingerprint density at radius 1 is 1.50 bits per heavy atom. The van der Waals surface area contributed by atoms with Gasteiger partial charge in [-0.05, 0) is 37.8 Å². The van der Waals surface area contributed by atoms with Crippen LogP contribution in [0.25, 0.3) is 0 Å². The number of benzene rings is 1. The minimum Gasteiger partial charge on any atom is -0.397 e. The highest BCUT2D eigenvalue weighted by molar-refractivity contribution is 7.98. The van der Waals surface area contributed by atoms with Gasteiger partial charge in [-0.3, -0.25) is 0 Å². The van der Waals surface area contributed by atoms with Gasteiger partial charge in [0.1, 0.15) is 5.82 Å². The van der Waals surface area contributed by atoms with Crippen molar-refractivity contribution in [3.05, 3.63) is 23.5 Å². The van der Waals surface area contributed by atoms with Crippen molar-refractivity contribution in [1.29, 1.82) is 0 Å². The lowest BCUT2D eigenvalue weighted by molar-refractivity contribution is 0.618. The first-order chi connectivity index (χ1) is 7.47. The van der Waals surface area contributed by atoms with E-state index in [0.717, 1.165) is 11.4 Å². The van der Waals surface area contributed by atoms with E-state index in [2.05, 4.69) is 18.1 Å². The molecular weight excluding hydrogens is 223 g/mol. The van der Waals surface area contributed by atoms with E-state index < -0.39 is 0 Å². The van der Waals surface area contributed by atoms with Crippen molar-refractivity contribution in [1.82, 2.24) is 0 Å². The Labute approximate surface area is 101 Å². The minimum absolute atomic E-state index is 0.243. The second kappa shape index (κ2) is 5.43. The molecule has 0 heterocycles. The zero-order valence-electron chi connectivity index (χ0n) is 10.2. The smallest absolute Gasteiger partial charge is 0.128 e. The predicted molar refractivity (Wildman–Crippen MR) is 71.8 cm³/mol. The Bertz CT molecular complexity index is 368. The molecule has 0 bridgehead atoms. The van der Waals surface area contributed by atoms with E-state index in [-0.39, 0.29) is 5.82 Å². The Morgan fingerprint density at radius 2 is 2.12 bits per heavy atom. The number of halogens is 1. The molecule has 0 aliphatic rings. The van der Waals surface area contributed by atoms with Crippen LogP contribution in [-0.4, -0.2) is 25.1 Å². The SMILES string of the molecule is CSCC(C)N(C)c1cc(C)c(F)cc1N. The van der Waals surface area contributed by atoms with Gasteiger partial charge in [0.05, 0.1) is 11.4 Å². The average molecular weight is 242 g/mol. The molecular formula is C12H19FN2S. The van der Waals surface area contributed by atoms with Crippen LogP contribution in [0.4, 0.5) is 15.8 Å². The summed E-state index contributed by atoms with van der Waals surface area (Å²) in [4.78, 5) is 2.10. The molecule has 1 unspecified atom stereocenters. The predicted octanol–water partition coefficient (Wildman–Crippen LogP) is 2.90. The highest BCUT2D eigenvalue weighted by Crippen LogP contribution is 2.27. The first-order valence-electron chi connectivity index (χ1n) is 5.24. The summed E-state index contributed by atoms with van der Waals surface area (Å²) in [5.74, 6) is 0.777. The molecule has 90 valence electrons. The molecule has 0 aliphatic heterocycles. The van der Waals surface area contributed by atoms with Gasteiger partial charge in [0.2, 0.25) is 0 Å². The van der Waals surface area contributed by atoms with Crippen LogP contribution in [-0.2, 0) is 0 Å². The third-order valence-electron chi connectivity index (χ3n) is 2.76. The van der Waals surface area contributed by atoms with Gasteiger partial charge in [-0.2, -0.15) is 11.8 Å². The third-order valence-corrected chi connectivity index (χ3v) is 3.57. The highest BCUT2D eigenvalue weighted by Gasteiger charge is 2.13. The van der Waals surface area contributed by atoms with Gasteiger partial charge in [-0.1, -0.05) is 0 Å². The molecule has 1 aromatic carbocycles. The number of rotatable bonds is 4. The molecule has 1 atom stereocenters. The van der Waals surface area contributed by atoms with Crippen molar-refractivity contribution in [2.75, 3.05) is 29.7 Å². The highest BCUT2D eigenvalue weighted by atomic mass is 32.2. The second-order valence-electron chi connectivity index (χ2n) is 4.08. The van der Waals surface area contributed by atoms with Gasteiger partial charge >= 0.3 is 0 Å². The largest absolute Gasteiger partial charge is 0.397 e. The second-order valence-corrected chi connectivity index (χ2v) is 4.99. The van der Waals surface area contributed by atoms with Gasteiger partial charge in [0.15, 0.2) is 0 Å². The maximum Gasteiger partial charge on any atom is 0.128 e. The molecule has 2 nitrogen and oxygen atoms in total. The number of hydrogen-bond acceptors (Lipinski definition) is 3. The van der Waals surface area contributed by atoms with Gasteiger partial charge in [-0.25, -0.2) is 4.39 Å². The first-order valence-corrected chi connectivity index (χ1v) is 6.64. The lowest BCUT2D eigenvalue weighted by Crippen LogP contribution is -2.31. The summed E-state index contributed by atoms with van der Waals surface area (Å²) in [6.07, 6.45) is 2.07. The van der Waals surface area contributed by atoms with Gasteiger partial charge in [0, 0.05) is 18.8 Å². The Balaban J connectivity index is 2.99. The van der Waals surface area contributed by atoms with E-state index in [0.29, 0.717) is 17.3 Å². The summed E-state index contributed by atoms with van der Waals surface area (Å²) in [5, 5.41) is 0. The van der Waals surface area contributed by atoms with Gasteiger partial charge < -0.3 is 10.6 Å². The number of aryl methyl sites for hydroxylation is 1. The van der Waals surface area contributed by atoms with Crippen LogP contribution in [0, 0.1) is 12.7 Å². The number of nitrogens with two attached hydrogens (primary N) is 1. The molecule has 0 spiro atoms. The molecule has 0 fully saturated rings. The number of anilines is 2. The van der Waals surface area contributed by atoms with Crippen LogP contribution in [0.1, 0.15) is 12.5 Å². The Kier molecular flexibility index (Phi) is 4.47. The maximum atomic E-state index is 13.3. The summed E-state index contributed by atoms with van der Waals surface area (Å²) in [6.45, 7) is 3.89. The first kappa shape index (κ1) is 13.2. The van der Waals surface area contributed by atoms with Crippen molar-refractivity contribution in [3.8, 4) is 0 Å². The van der Waals surface area contributed by atoms with E-state index in [4.69, 9.17) is 5.73 Å². The molecule has 4 heteroatoms. The normalized spacial score (nSPS) is 12.6. The van der Waals surface area contributed by atoms with Crippen LogP contribution in [0.5, 0.6) is 0 Å². The fourth-order valence-corrected chi connectivity index (χ4v) is 2.28. The van der Waals surface area contributed by atoms with Crippen molar-refractivity contribution in [3.63, 3.8) is 0 Å². The minimum atomic E-state index is -0.243. The molecule has 0 saturated heterocycles. The van der Waals surface area contributed by atoms with E-state index in [9.17, 15) is 4.39 Å². The summed E-state index contributed by atoms with van der Waals surface area (Å²) < 4.78 is 13.3. The average Bonchev–Trinajstić information content (AvgIpc) is 2.23. The van der Waals surface area contributed by atoms with Crippen molar-refractivity contribution in [2.45, 2.75) is 19.9 Å². The van der Waals surface area contributed by atoms with Crippen LogP contribution in [0.15, 0.2) is 12.1 Å². The van der Waals surface area contributed by atoms with Gasteiger partial charge in [0.25, 0.3) is 0 Å². The molecule has 0 radical (unpaired) electrons. The zero-order valence-corrected chi connectivity index (χ0v) is 11.1. The van der Waals surface area contributed by atoms with Crippen LogP contribution >= 0.6 is 11.8 Å². The fourth-order valence-electron chi connectivity index (χ4n) is 1.58. The fraction of sp³-hybridized carbons (Fsp3) is 0.500. The summed E-state index contributed by atoms with van der Waals surface area (Å²) in [6, 6.07) is 3.58. The lowest BCUT2D eigenvalue weighted by Gasteiger charge is -2.28. The summed E-state index contributed by atoms with van der Waals surface area (Å²) in [7, 11) is 1.99. The van der Waals surface area contributed by atoms with E-state index in [1.165, 1.54) is 6.07 Å². The number of nitrogens with zero attached hydrogens (tertiary/aromatic N) is 1. The Hall–Kier alpha value is -0.900. The van der Waals surface area contributed by atoms with Gasteiger partial charge in [-0.15, -0.1) is 0 Å². The van der Waals surface area contributed by atoms with E-state index in [1.54, 1.807) is 18.7 Å². The molecule has 16 heavy (non-hydrogen) atoms. The van der Waals surface area contributed by atoms with Crippen molar-refractivity contribution >= 4 is 23.1 Å². The standard InChI is InChI=1S/C12H19FN2S/c1-8-5-12(11(14)6-10(8)13)15(3)9(2)7-16-4/h5-6,9H,7,14H2,1-4H3. The number of nitrogen functional groups attached to an aromatic ring is 1. The van der Waals surface area contributed by atoms with Crippen LogP contribution in [0.2, 0.25) is 0 Å². The summed E-state index contributed by atoms with van der Waals surface area (Å²) in [5.41, 5.74) is 7.87. The van der Waals surface area contributed by atoms with E-state index in [1.807, 2.05) is 13.1 Å². The molecule has 0 aliphatic carbocycles. The van der Waals surface area contributed by atoms with E-state index >= 15 is 0 Å². The lowest BCUT2D eigenvalue weighted by atomic mass is 10.1. The number of hydrogen-bond donors (Lipinski definition) is 1. The maximum absolute atomic E-state index is 13.3. The third kappa shape index (κ3) is 2.82. The molecule has 1 rings (SSSR count). The van der Waals surface area contributed by atoms with Crippen molar-refractivity contribution in [2.24, 2.45) is 0 Å². The zero-order chi connectivity index (χ0) is 12.3. The molecule has 2 N–H and O–H groups in total.